The maximum Gasteiger partial charge on any atom is 0.00866 e. The average molecular weight is 151 g/mol. The first kappa shape index (κ1) is 8.62. The minimum absolute atomic E-state index is 0.415. The second kappa shape index (κ2) is 3.78. The van der Waals surface area contributed by atoms with Crippen LogP contribution >= 0.6 is 0 Å². The zero-order chi connectivity index (χ0) is 8.27. The molecule has 2 N–H and O–H groups in total. The van der Waals surface area contributed by atoms with Gasteiger partial charge in [0.1, 0.15) is 0 Å². The molecule has 1 saturated carbocycles. The molecule has 1 aliphatic rings. The second-order valence-corrected chi connectivity index (χ2v) is 3.64. The number of terminal acetylenes is 1. The molecule has 0 heterocycles. The molecule has 1 fully saturated rings. The summed E-state index contributed by atoms with van der Waals surface area (Å²) >= 11 is 0. The summed E-state index contributed by atoms with van der Waals surface area (Å²) in [6, 6.07) is 0.415. The van der Waals surface area contributed by atoms with Crippen LogP contribution in [0.5, 0.6) is 0 Å². The van der Waals surface area contributed by atoms with Crippen LogP contribution in [0.15, 0.2) is 0 Å². The number of unbranched alkanes of at least 4 members (excludes halogenated alkanes) is 1. The van der Waals surface area contributed by atoms with Crippen molar-refractivity contribution in [1.82, 2.24) is 0 Å². The molecule has 11 heavy (non-hydrogen) atoms. The van der Waals surface area contributed by atoms with Gasteiger partial charge in [0.05, 0.1) is 0 Å². The Morgan fingerprint density at radius 2 is 2.36 bits per heavy atom. The van der Waals surface area contributed by atoms with Crippen molar-refractivity contribution in [2.24, 2.45) is 17.6 Å². The Balaban J connectivity index is 2.03. The van der Waals surface area contributed by atoms with E-state index < -0.39 is 0 Å². The average Bonchev–Trinajstić information content (AvgIpc) is 2.67. The molecule has 0 aromatic carbocycles. The topological polar surface area (TPSA) is 26.0 Å². The Labute approximate surface area is 69.4 Å². The van der Waals surface area contributed by atoms with E-state index in [9.17, 15) is 0 Å². The lowest BCUT2D eigenvalue weighted by atomic mass is 10.1. The van der Waals surface area contributed by atoms with Crippen LogP contribution in [0.3, 0.4) is 0 Å². The molecule has 0 bridgehead atoms. The molecule has 62 valence electrons. The molecule has 0 amide bonds. The van der Waals surface area contributed by atoms with Crippen molar-refractivity contribution in [3.05, 3.63) is 0 Å². The van der Waals surface area contributed by atoms with E-state index in [4.69, 9.17) is 12.2 Å². The largest absolute Gasteiger partial charge is 0.327 e. The quantitative estimate of drug-likeness (QED) is 0.481. The van der Waals surface area contributed by atoms with Gasteiger partial charge in [0.2, 0.25) is 0 Å². The third kappa shape index (κ3) is 2.55. The Morgan fingerprint density at radius 1 is 1.73 bits per heavy atom. The van der Waals surface area contributed by atoms with Gasteiger partial charge in [-0.15, -0.1) is 12.3 Å². The van der Waals surface area contributed by atoms with Gasteiger partial charge in [0.25, 0.3) is 0 Å². The first-order valence-corrected chi connectivity index (χ1v) is 4.44. The third-order valence-electron chi connectivity index (χ3n) is 2.58. The lowest BCUT2D eigenvalue weighted by molar-refractivity contribution is 0.511. The van der Waals surface area contributed by atoms with Crippen LogP contribution in [0.4, 0.5) is 0 Å². The molecule has 1 nitrogen and oxygen atoms in total. The van der Waals surface area contributed by atoms with Crippen molar-refractivity contribution >= 4 is 0 Å². The summed E-state index contributed by atoms with van der Waals surface area (Å²) in [6.07, 6.45) is 9.57. The van der Waals surface area contributed by atoms with Gasteiger partial charge in [-0.3, -0.25) is 0 Å². The second-order valence-electron chi connectivity index (χ2n) is 3.64. The molecule has 1 heteroatoms. The van der Waals surface area contributed by atoms with E-state index in [1.807, 2.05) is 0 Å². The summed E-state index contributed by atoms with van der Waals surface area (Å²) < 4.78 is 0. The van der Waals surface area contributed by atoms with E-state index in [1.54, 1.807) is 0 Å². The van der Waals surface area contributed by atoms with Gasteiger partial charge in [0.15, 0.2) is 0 Å². The molecular formula is C10H17N. The molecule has 0 saturated heterocycles. The fourth-order valence-electron chi connectivity index (χ4n) is 1.60. The normalized spacial score (nSPS) is 31.0. The van der Waals surface area contributed by atoms with Crippen LogP contribution in [-0.4, -0.2) is 6.04 Å². The van der Waals surface area contributed by atoms with Gasteiger partial charge < -0.3 is 5.73 Å². The zero-order valence-electron chi connectivity index (χ0n) is 7.22. The first-order chi connectivity index (χ1) is 5.25. The number of hydrogen-bond donors (Lipinski definition) is 1. The summed E-state index contributed by atoms with van der Waals surface area (Å²) in [7, 11) is 0. The molecule has 0 aromatic heterocycles. The molecule has 0 spiro atoms. The lowest BCUT2D eigenvalue weighted by Crippen LogP contribution is -2.22. The van der Waals surface area contributed by atoms with Crippen molar-refractivity contribution < 1.29 is 0 Å². The fraction of sp³-hybridized carbons (Fsp3) is 0.800. The summed E-state index contributed by atoms with van der Waals surface area (Å²) in [4.78, 5) is 0. The van der Waals surface area contributed by atoms with Crippen molar-refractivity contribution in [2.45, 2.75) is 38.6 Å². The van der Waals surface area contributed by atoms with E-state index in [2.05, 4.69) is 12.8 Å². The maximum absolute atomic E-state index is 5.94. The number of rotatable bonds is 4. The van der Waals surface area contributed by atoms with E-state index in [0.29, 0.717) is 6.04 Å². The van der Waals surface area contributed by atoms with Gasteiger partial charge in [-0.1, -0.05) is 6.92 Å². The van der Waals surface area contributed by atoms with Crippen LogP contribution in [-0.2, 0) is 0 Å². The SMILES string of the molecule is C#CCCCC(N)C1CC1C. The van der Waals surface area contributed by atoms with Crippen molar-refractivity contribution in [1.29, 1.82) is 0 Å². The summed E-state index contributed by atoms with van der Waals surface area (Å²) in [5.41, 5.74) is 5.94. The van der Waals surface area contributed by atoms with Crippen LogP contribution in [0.25, 0.3) is 0 Å². The summed E-state index contributed by atoms with van der Waals surface area (Å²) in [5, 5.41) is 0. The Kier molecular flexibility index (Phi) is 2.96. The van der Waals surface area contributed by atoms with Gasteiger partial charge in [-0.05, 0) is 31.1 Å². The lowest BCUT2D eigenvalue weighted by Gasteiger charge is -2.08. The van der Waals surface area contributed by atoms with Gasteiger partial charge in [-0.2, -0.15) is 0 Å². The molecular weight excluding hydrogens is 134 g/mol. The zero-order valence-corrected chi connectivity index (χ0v) is 7.22. The van der Waals surface area contributed by atoms with E-state index >= 15 is 0 Å². The maximum atomic E-state index is 5.94. The van der Waals surface area contributed by atoms with Crippen molar-refractivity contribution in [3.63, 3.8) is 0 Å². The predicted octanol–water partition coefficient (Wildman–Crippen LogP) is 1.77. The van der Waals surface area contributed by atoms with E-state index in [1.165, 1.54) is 6.42 Å². The van der Waals surface area contributed by atoms with Crippen molar-refractivity contribution in [3.8, 4) is 12.3 Å². The molecule has 1 aliphatic carbocycles. The minimum atomic E-state index is 0.415. The molecule has 1 rings (SSSR count). The highest BCUT2D eigenvalue weighted by Crippen LogP contribution is 2.40. The Hall–Kier alpha value is -0.480. The molecule has 0 aliphatic heterocycles. The highest BCUT2D eigenvalue weighted by Gasteiger charge is 2.36. The predicted molar refractivity (Wildman–Crippen MR) is 47.9 cm³/mol. The monoisotopic (exact) mass is 151 g/mol. The molecule has 0 radical (unpaired) electrons. The fourth-order valence-corrected chi connectivity index (χ4v) is 1.60. The van der Waals surface area contributed by atoms with Gasteiger partial charge in [0, 0.05) is 12.5 Å². The van der Waals surface area contributed by atoms with Crippen molar-refractivity contribution in [2.75, 3.05) is 0 Å². The number of nitrogens with two attached hydrogens (primary N) is 1. The highest BCUT2D eigenvalue weighted by molar-refractivity contribution is 4.91. The van der Waals surface area contributed by atoms with Gasteiger partial charge >= 0.3 is 0 Å². The van der Waals surface area contributed by atoms with Gasteiger partial charge in [-0.25, -0.2) is 0 Å². The van der Waals surface area contributed by atoms with E-state index in [0.717, 1.165) is 31.1 Å². The van der Waals surface area contributed by atoms with Crippen LogP contribution < -0.4 is 5.73 Å². The van der Waals surface area contributed by atoms with E-state index in [-0.39, 0.29) is 0 Å². The van der Waals surface area contributed by atoms with Crippen LogP contribution in [0, 0.1) is 24.2 Å². The molecule has 3 unspecified atom stereocenters. The standard InChI is InChI=1S/C10H17N/c1-3-4-5-6-10(11)9-7-8(9)2/h1,8-10H,4-7,11H2,2H3. The highest BCUT2D eigenvalue weighted by atomic mass is 14.7. The Bertz CT molecular complexity index is 157. The summed E-state index contributed by atoms with van der Waals surface area (Å²) in [5.74, 6) is 4.31. The molecule has 3 atom stereocenters. The van der Waals surface area contributed by atoms with Crippen LogP contribution in [0.1, 0.15) is 32.6 Å². The number of hydrogen-bond acceptors (Lipinski definition) is 1. The summed E-state index contributed by atoms with van der Waals surface area (Å²) in [6.45, 7) is 2.27. The smallest absolute Gasteiger partial charge is 0.00866 e. The third-order valence-corrected chi connectivity index (χ3v) is 2.58. The first-order valence-electron chi connectivity index (χ1n) is 4.44. The van der Waals surface area contributed by atoms with Crippen LogP contribution in [0.2, 0.25) is 0 Å². The minimum Gasteiger partial charge on any atom is -0.327 e. The Morgan fingerprint density at radius 3 is 2.82 bits per heavy atom. The molecule has 0 aromatic rings.